The molecule has 0 amide bonds. The highest BCUT2D eigenvalue weighted by molar-refractivity contribution is 5.79. The molecular weight excluding hydrogens is 385 g/mol. The molecule has 2 rings (SSSR count). The van der Waals surface area contributed by atoms with Crippen LogP contribution >= 0.6 is 0 Å². The van der Waals surface area contributed by atoms with Gasteiger partial charge in [0.05, 0.1) is 16.6 Å². The number of unbranched alkanes of at least 4 members (excludes halogenated alkanes) is 1. The summed E-state index contributed by atoms with van der Waals surface area (Å²) < 4.78 is 43.7. The van der Waals surface area contributed by atoms with Crippen molar-refractivity contribution in [3.63, 3.8) is 0 Å². The maximum absolute atomic E-state index is 12.6. The minimum absolute atomic E-state index is 0.00997. The van der Waals surface area contributed by atoms with Crippen molar-refractivity contribution in [2.45, 2.75) is 84.2 Å². The van der Waals surface area contributed by atoms with Crippen LogP contribution in [0.2, 0.25) is 0 Å². The minimum atomic E-state index is -4.75. The third-order valence-corrected chi connectivity index (χ3v) is 4.34. The summed E-state index contributed by atoms with van der Waals surface area (Å²) in [6.07, 6.45) is -2.29. The second-order valence-electron chi connectivity index (χ2n) is 8.97. The number of carbonyl (C=O) groups excluding carboxylic acids is 1. The average molecular weight is 414 g/mol. The molecule has 0 unspecified atom stereocenters. The second kappa shape index (κ2) is 8.34. The highest BCUT2D eigenvalue weighted by Gasteiger charge is 2.31. The van der Waals surface area contributed by atoms with Crippen LogP contribution in [0.25, 0.3) is 11.0 Å². The number of imidazole rings is 1. The Balaban J connectivity index is 2.17. The summed E-state index contributed by atoms with van der Waals surface area (Å²) in [6, 6.07) is 4.14. The zero-order valence-electron chi connectivity index (χ0n) is 17.6. The molecule has 29 heavy (non-hydrogen) atoms. The van der Waals surface area contributed by atoms with Gasteiger partial charge in [-0.15, -0.1) is 13.2 Å². The molecule has 0 aliphatic rings. The molecule has 0 bridgehead atoms. The van der Waals surface area contributed by atoms with Crippen molar-refractivity contribution in [3.8, 4) is 5.75 Å². The second-order valence-corrected chi connectivity index (χ2v) is 8.97. The van der Waals surface area contributed by atoms with Gasteiger partial charge in [-0.2, -0.15) is 0 Å². The quantitative estimate of drug-likeness (QED) is 0.608. The van der Waals surface area contributed by atoms with E-state index in [1.165, 1.54) is 18.2 Å². The van der Waals surface area contributed by atoms with Crippen LogP contribution in [0.5, 0.6) is 5.75 Å². The van der Waals surface area contributed by atoms with E-state index in [0.29, 0.717) is 36.7 Å². The molecular formula is C21H29F3N2O3. The number of Topliss-reactive ketones (excluding diaryl/α,β-unsaturated/α-hetero) is 1. The van der Waals surface area contributed by atoms with Gasteiger partial charge < -0.3 is 14.4 Å². The van der Waals surface area contributed by atoms with Crippen molar-refractivity contribution in [2.24, 2.45) is 0 Å². The Hall–Kier alpha value is -2.09. The van der Waals surface area contributed by atoms with Crippen LogP contribution in [0.15, 0.2) is 18.2 Å². The van der Waals surface area contributed by atoms with Crippen LogP contribution in [0.1, 0.15) is 66.1 Å². The van der Waals surface area contributed by atoms with Crippen LogP contribution in [0.3, 0.4) is 0 Å². The van der Waals surface area contributed by atoms with Crippen LogP contribution < -0.4 is 4.74 Å². The highest BCUT2D eigenvalue weighted by atomic mass is 19.4. The number of rotatable bonds is 8. The number of ether oxygens (including phenoxy) is 1. The number of ketones is 1. The third kappa shape index (κ3) is 7.03. The van der Waals surface area contributed by atoms with Crippen molar-refractivity contribution in [2.75, 3.05) is 0 Å². The fourth-order valence-corrected chi connectivity index (χ4v) is 3.39. The van der Waals surface area contributed by atoms with E-state index in [2.05, 4.69) is 9.72 Å². The minimum Gasteiger partial charge on any atom is -0.406 e. The van der Waals surface area contributed by atoms with Crippen LogP contribution in [0, 0.1) is 0 Å². The number of alkyl halides is 3. The van der Waals surface area contributed by atoms with Crippen molar-refractivity contribution >= 4 is 16.8 Å². The number of halogens is 3. The summed E-state index contributed by atoms with van der Waals surface area (Å²) in [5.74, 6) is 0.488. The molecule has 0 saturated carbocycles. The largest absolute Gasteiger partial charge is 0.573 e. The molecule has 1 N–H and O–H groups in total. The molecule has 0 radical (unpaired) electrons. The normalized spacial score (nSPS) is 13.1. The maximum atomic E-state index is 12.6. The third-order valence-electron chi connectivity index (χ3n) is 4.34. The number of hydrogen-bond donors (Lipinski definition) is 1. The molecule has 0 fully saturated rings. The van der Waals surface area contributed by atoms with Gasteiger partial charge >= 0.3 is 6.36 Å². The zero-order valence-corrected chi connectivity index (χ0v) is 17.6. The van der Waals surface area contributed by atoms with Crippen molar-refractivity contribution in [1.29, 1.82) is 0 Å². The number of hydrogen-bond acceptors (Lipinski definition) is 4. The summed E-state index contributed by atoms with van der Waals surface area (Å²) in [6.45, 7) is 9.09. The van der Waals surface area contributed by atoms with Gasteiger partial charge in [0.25, 0.3) is 0 Å². The molecule has 1 aromatic heterocycles. The predicted octanol–water partition coefficient (Wildman–Crippen LogP) is 5.13. The van der Waals surface area contributed by atoms with E-state index < -0.39 is 17.5 Å². The van der Waals surface area contributed by atoms with Gasteiger partial charge in [-0.3, -0.25) is 4.79 Å². The first-order chi connectivity index (χ1) is 13.2. The van der Waals surface area contributed by atoms with Crippen LogP contribution in [-0.4, -0.2) is 32.4 Å². The van der Waals surface area contributed by atoms with Gasteiger partial charge in [-0.1, -0.05) is 0 Å². The Morgan fingerprint density at radius 3 is 2.34 bits per heavy atom. The Bertz CT molecular complexity index is 859. The lowest BCUT2D eigenvalue weighted by molar-refractivity contribution is -0.274. The van der Waals surface area contributed by atoms with Gasteiger partial charge in [0.15, 0.2) is 0 Å². The average Bonchev–Trinajstić information content (AvgIpc) is 2.85. The number of aromatic nitrogens is 2. The Morgan fingerprint density at radius 2 is 1.79 bits per heavy atom. The Labute approximate surface area is 168 Å². The molecule has 0 atom stereocenters. The molecule has 0 aliphatic heterocycles. The smallest absolute Gasteiger partial charge is 0.406 e. The molecule has 162 valence electrons. The lowest BCUT2D eigenvalue weighted by Gasteiger charge is -2.25. The van der Waals surface area contributed by atoms with Crippen molar-refractivity contribution in [3.05, 3.63) is 24.0 Å². The molecule has 1 aromatic carbocycles. The monoisotopic (exact) mass is 414 g/mol. The van der Waals surface area contributed by atoms with Gasteiger partial charge in [0, 0.05) is 30.9 Å². The fraction of sp³-hybridized carbons (Fsp3) is 0.619. The lowest BCUT2D eigenvalue weighted by atomic mass is 9.98. The fourth-order valence-electron chi connectivity index (χ4n) is 3.39. The predicted molar refractivity (Wildman–Crippen MR) is 105 cm³/mol. The summed E-state index contributed by atoms with van der Waals surface area (Å²) in [4.78, 5) is 16.5. The van der Waals surface area contributed by atoms with Crippen LogP contribution in [0.4, 0.5) is 13.2 Å². The van der Waals surface area contributed by atoms with Gasteiger partial charge in [0.2, 0.25) is 0 Å². The first-order valence-electron chi connectivity index (χ1n) is 9.67. The number of aliphatic hydroxyl groups is 1. The van der Waals surface area contributed by atoms with E-state index in [1.54, 1.807) is 13.8 Å². The van der Waals surface area contributed by atoms with Gasteiger partial charge in [-0.25, -0.2) is 4.98 Å². The lowest BCUT2D eigenvalue weighted by Crippen LogP contribution is -2.24. The first kappa shape index (κ1) is 23.2. The summed E-state index contributed by atoms with van der Waals surface area (Å²) in [7, 11) is 0. The zero-order chi connectivity index (χ0) is 22.0. The SMILES string of the molecule is CC(C)(O)CC(=O)CCCCc1nc2ccc(OC(F)(F)F)cc2n1C(C)(C)C. The number of benzene rings is 1. The summed E-state index contributed by atoms with van der Waals surface area (Å²) in [5.41, 5.74) is -0.222. The Morgan fingerprint density at radius 1 is 1.14 bits per heavy atom. The summed E-state index contributed by atoms with van der Waals surface area (Å²) in [5, 5.41) is 9.71. The van der Waals surface area contributed by atoms with E-state index in [-0.39, 0.29) is 18.0 Å². The number of aryl methyl sites for hydroxylation is 1. The first-order valence-corrected chi connectivity index (χ1v) is 9.67. The van der Waals surface area contributed by atoms with Gasteiger partial charge in [-0.05, 0) is 59.6 Å². The van der Waals surface area contributed by atoms with E-state index in [4.69, 9.17) is 0 Å². The van der Waals surface area contributed by atoms with E-state index in [9.17, 15) is 23.1 Å². The molecule has 0 saturated heterocycles. The molecule has 0 spiro atoms. The molecule has 2 aromatic rings. The number of fused-ring (bicyclic) bond motifs is 1. The van der Waals surface area contributed by atoms with E-state index in [0.717, 1.165) is 5.82 Å². The van der Waals surface area contributed by atoms with Crippen molar-refractivity contribution < 1.29 is 27.8 Å². The molecule has 0 aliphatic carbocycles. The van der Waals surface area contributed by atoms with Crippen molar-refractivity contribution in [1.82, 2.24) is 9.55 Å². The van der Waals surface area contributed by atoms with Crippen LogP contribution in [-0.2, 0) is 16.8 Å². The highest BCUT2D eigenvalue weighted by Crippen LogP contribution is 2.31. The van der Waals surface area contributed by atoms with E-state index in [1.807, 2.05) is 25.3 Å². The maximum Gasteiger partial charge on any atom is 0.573 e. The topological polar surface area (TPSA) is 64.3 Å². The number of nitrogens with zero attached hydrogens (tertiary/aromatic N) is 2. The molecule has 8 heteroatoms. The van der Waals surface area contributed by atoms with E-state index >= 15 is 0 Å². The summed E-state index contributed by atoms with van der Waals surface area (Å²) >= 11 is 0. The van der Waals surface area contributed by atoms with Gasteiger partial charge in [0.1, 0.15) is 17.4 Å². The standard InChI is InChI=1S/C21H29F3N2O3/c1-19(2,3)26-17-12-15(29-21(22,23)24)10-11-16(17)25-18(26)9-7-6-8-14(27)13-20(4,5)28/h10-12,28H,6-9,13H2,1-5H3. The number of carbonyl (C=O) groups is 1. The molecule has 1 heterocycles. The molecule has 5 nitrogen and oxygen atoms in total. The Kier molecular flexibility index (Phi) is 6.67.